The van der Waals surface area contributed by atoms with Gasteiger partial charge in [-0.25, -0.2) is 0 Å². The molecule has 1 aromatic rings. The van der Waals surface area contributed by atoms with Crippen LogP contribution in [0, 0.1) is 11.3 Å². The Bertz CT molecular complexity index is 487. The van der Waals surface area contributed by atoms with Gasteiger partial charge in [0.25, 0.3) is 0 Å². The Labute approximate surface area is 93.0 Å². The van der Waals surface area contributed by atoms with Crippen molar-refractivity contribution in [3.63, 3.8) is 0 Å². The molecule has 2 rings (SSSR count). The monoisotopic (exact) mass is 268 g/mol. The lowest BCUT2D eigenvalue weighted by Crippen LogP contribution is -2.25. The first-order valence-electron chi connectivity index (χ1n) is 4.09. The fourth-order valence-corrected chi connectivity index (χ4v) is 1.74. The van der Waals surface area contributed by atoms with E-state index in [-0.39, 0.29) is 36.0 Å². The van der Waals surface area contributed by atoms with Gasteiger partial charge < -0.3 is 0 Å². The Balaban J connectivity index is 2.43. The van der Waals surface area contributed by atoms with Gasteiger partial charge in [-0.2, -0.15) is 10.4 Å². The van der Waals surface area contributed by atoms with Crippen molar-refractivity contribution in [2.75, 3.05) is 11.4 Å². The molecule has 1 aliphatic heterocycles. The van der Waals surface area contributed by atoms with Crippen LogP contribution in [0.2, 0.25) is 0 Å². The van der Waals surface area contributed by atoms with Crippen LogP contribution < -0.4 is 4.90 Å². The summed E-state index contributed by atoms with van der Waals surface area (Å²) < 4.78 is 0.409. The quantitative estimate of drug-likeness (QED) is 0.745. The molecular formula is C8H5BrN4O2. The Hall–Kier alpha value is -1.68. The molecule has 0 radical (unpaired) electrons. The number of rotatable bonds is 1. The van der Waals surface area contributed by atoms with Crippen molar-refractivity contribution in [1.29, 1.82) is 5.26 Å². The minimum atomic E-state index is -0.324. The van der Waals surface area contributed by atoms with Gasteiger partial charge in [-0.3, -0.25) is 19.6 Å². The molecule has 1 fully saturated rings. The normalized spacial score (nSPS) is 15.9. The highest BCUT2D eigenvalue weighted by Crippen LogP contribution is 2.26. The molecule has 0 bridgehead atoms. The number of aromatic amines is 1. The van der Waals surface area contributed by atoms with E-state index in [1.807, 2.05) is 6.07 Å². The molecule has 1 aliphatic rings. The van der Waals surface area contributed by atoms with E-state index in [4.69, 9.17) is 5.26 Å². The predicted octanol–water partition coefficient (Wildman–Crippen LogP) is 0.350. The fourth-order valence-electron chi connectivity index (χ4n) is 1.38. The van der Waals surface area contributed by atoms with Crippen molar-refractivity contribution in [2.45, 2.75) is 6.42 Å². The van der Waals surface area contributed by atoms with Crippen LogP contribution in [-0.2, 0) is 9.59 Å². The Morgan fingerprint density at radius 2 is 2.27 bits per heavy atom. The van der Waals surface area contributed by atoms with E-state index in [1.54, 1.807) is 0 Å². The molecule has 1 saturated heterocycles. The summed E-state index contributed by atoms with van der Waals surface area (Å²) in [6.45, 7) is -0.00912. The van der Waals surface area contributed by atoms with E-state index in [2.05, 4.69) is 26.1 Å². The van der Waals surface area contributed by atoms with Crippen LogP contribution >= 0.6 is 15.9 Å². The minimum Gasteiger partial charge on any atom is -0.297 e. The number of H-pyrrole nitrogens is 1. The van der Waals surface area contributed by atoms with Crippen molar-refractivity contribution in [3.05, 3.63) is 10.2 Å². The number of hydrogen-bond donors (Lipinski definition) is 1. The predicted molar refractivity (Wildman–Crippen MR) is 53.0 cm³/mol. The summed E-state index contributed by atoms with van der Waals surface area (Å²) in [5.41, 5.74) is 0.234. The molecule has 1 aromatic heterocycles. The zero-order valence-corrected chi connectivity index (χ0v) is 9.04. The van der Waals surface area contributed by atoms with Gasteiger partial charge in [0.1, 0.15) is 16.2 Å². The highest BCUT2D eigenvalue weighted by Gasteiger charge is 2.32. The second-order valence-corrected chi connectivity index (χ2v) is 3.84. The lowest BCUT2D eigenvalue weighted by atomic mass is 10.3. The van der Waals surface area contributed by atoms with Crippen molar-refractivity contribution in [2.24, 2.45) is 0 Å². The molecule has 7 heteroatoms. The molecular weight excluding hydrogens is 264 g/mol. The number of aromatic nitrogens is 2. The van der Waals surface area contributed by atoms with Gasteiger partial charge in [0.15, 0.2) is 11.6 Å². The first kappa shape index (κ1) is 9.86. The maximum atomic E-state index is 11.4. The summed E-state index contributed by atoms with van der Waals surface area (Å²) in [4.78, 5) is 23.6. The average molecular weight is 269 g/mol. The van der Waals surface area contributed by atoms with Crippen molar-refractivity contribution in [3.8, 4) is 6.07 Å². The highest BCUT2D eigenvalue weighted by molar-refractivity contribution is 9.10. The number of nitriles is 1. The van der Waals surface area contributed by atoms with Crippen molar-refractivity contribution in [1.82, 2.24) is 10.2 Å². The lowest BCUT2D eigenvalue weighted by Gasteiger charge is -2.10. The maximum absolute atomic E-state index is 11.4. The first-order valence-corrected chi connectivity index (χ1v) is 4.89. The van der Waals surface area contributed by atoms with Gasteiger partial charge in [0, 0.05) is 0 Å². The number of hydrogen-bond acceptors (Lipinski definition) is 4. The van der Waals surface area contributed by atoms with E-state index >= 15 is 0 Å². The summed E-state index contributed by atoms with van der Waals surface area (Å²) in [5, 5.41) is 15.2. The standard InChI is InChI=1S/C8H5BrN4O2/c9-7-5(2-10)8(12-11-7)13-3-4(14)1-6(13)15/h1,3H2,(H,11,12). The van der Waals surface area contributed by atoms with Gasteiger partial charge in [-0.05, 0) is 15.9 Å². The molecule has 1 amide bonds. The zero-order valence-electron chi connectivity index (χ0n) is 7.45. The molecule has 0 saturated carbocycles. The summed E-state index contributed by atoms with van der Waals surface area (Å²) in [6.07, 6.45) is -0.116. The SMILES string of the molecule is N#Cc1c(N2CC(=O)CC2=O)n[nH]c1Br. The number of nitrogens with one attached hydrogen (secondary N) is 1. The summed E-state index contributed by atoms with van der Waals surface area (Å²) >= 11 is 3.10. The smallest absolute Gasteiger partial charge is 0.236 e. The van der Waals surface area contributed by atoms with E-state index in [0.717, 1.165) is 0 Å². The number of halogens is 1. The van der Waals surface area contributed by atoms with E-state index in [0.29, 0.717) is 4.60 Å². The first-order chi connectivity index (χ1) is 7.13. The van der Waals surface area contributed by atoms with Crippen LogP contribution in [0.5, 0.6) is 0 Å². The third-order valence-corrected chi connectivity index (χ3v) is 2.63. The maximum Gasteiger partial charge on any atom is 0.236 e. The number of anilines is 1. The van der Waals surface area contributed by atoms with E-state index in [9.17, 15) is 9.59 Å². The van der Waals surface area contributed by atoms with Crippen molar-refractivity contribution < 1.29 is 9.59 Å². The highest BCUT2D eigenvalue weighted by atomic mass is 79.9. The molecule has 1 N–H and O–H groups in total. The van der Waals surface area contributed by atoms with Gasteiger partial charge in [-0.1, -0.05) is 0 Å². The Morgan fingerprint density at radius 3 is 2.80 bits per heavy atom. The second-order valence-electron chi connectivity index (χ2n) is 3.04. The second kappa shape index (κ2) is 3.47. The number of amides is 1. The van der Waals surface area contributed by atoms with Gasteiger partial charge >= 0.3 is 0 Å². The molecule has 6 nitrogen and oxygen atoms in total. The molecule has 76 valence electrons. The third-order valence-electron chi connectivity index (χ3n) is 2.05. The Kier molecular flexibility index (Phi) is 2.28. The molecule has 0 atom stereocenters. The summed E-state index contributed by atoms with van der Waals surface area (Å²) in [6, 6.07) is 1.91. The van der Waals surface area contributed by atoms with Crippen LogP contribution in [0.1, 0.15) is 12.0 Å². The van der Waals surface area contributed by atoms with Gasteiger partial charge in [0.2, 0.25) is 5.91 Å². The number of Topliss-reactive ketones (excluding diaryl/α,β-unsaturated/α-hetero) is 1. The molecule has 0 unspecified atom stereocenters. The van der Waals surface area contributed by atoms with Crippen LogP contribution in [0.3, 0.4) is 0 Å². The topological polar surface area (TPSA) is 89.8 Å². The molecule has 0 aromatic carbocycles. The van der Waals surface area contributed by atoms with Crippen LogP contribution in [0.4, 0.5) is 5.82 Å². The van der Waals surface area contributed by atoms with Crippen molar-refractivity contribution >= 4 is 33.4 Å². The van der Waals surface area contributed by atoms with Crippen LogP contribution in [-0.4, -0.2) is 28.4 Å². The summed E-state index contributed by atoms with van der Waals surface area (Å²) in [7, 11) is 0. The molecule has 0 aliphatic carbocycles. The van der Waals surface area contributed by atoms with E-state index in [1.165, 1.54) is 4.90 Å². The number of nitrogens with zero attached hydrogens (tertiary/aromatic N) is 3. The third kappa shape index (κ3) is 1.53. The van der Waals surface area contributed by atoms with Gasteiger partial charge in [0.05, 0.1) is 13.0 Å². The lowest BCUT2D eigenvalue weighted by molar-refractivity contribution is -0.121. The van der Waals surface area contributed by atoms with Crippen LogP contribution in [0.15, 0.2) is 4.60 Å². The number of carbonyl (C=O) groups excluding carboxylic acids is 2. The average Bonchev–Trinajstić information content (AvgIpc) is 2.69. The molecule has 15 heavy (non-hydrogen) atoms. The minimum absolute atomic E-state index is 0.00912. The van der Waals surface area contributed by atoms with E-state index < -0.39 is 0 Å². The Morgan fingerprint density at radius 1 is 1.53 bits per heavy atom. The largest absolute Gasteiger partial charge is 0.297 e. The zero-order chi connectivity index (χ0) is 11.0. The fraction of sp³-hybridized carbons (Fsp3) is 0.250. The molecule has 2 heterocycles. The number of carbonyl (C=O) groups is 2. The summed E-state index contributed by atoms with van der Waals surface area (Å²) in [5.74, 6) is -0.279. The van der Waals surface area contributed by atoms with Crippen LogP contribution in [0.25, 0.3) is 0 Å². The molecule has 0 spiro atoms. The van der Waals surface area contributed by atoms with Gasteiger partial charge in [-0.15, -0.1) is 0 Å². The number of ketones is 1.